The maximum absolute atomic E-state index is 14.3. The Labute approximate surface area is 615 Å². The van der Waals surface area contributed by atoms with Crippen LogP contribution in [0, 0.1) is 11.3 Å². The van der Waals surface area contributed by atoms with Gasteiger partial charge in [0.05, 0.1) is 25.2 Å². The molecule has 0 bridgehead atoms. The number of hydrogen-bond donors (Lipinski definition) is 0. The summed E-state index contributed by atoms with van der Waals surface area (Å²) in [4.78, 5) is 38.8. The molecule has 0 saturated heterocycles. The minimum Gasteiger partial charge on any atom is -0.466 e. The lowest BCUT2D eigenvalue weighted by Gasteiger charge is -2.38. The van der Waals surface area contributed by atoms with Crippen LogP contribution in [-0.4, -0.2) is 37.7 Å². The van der Waals surface area contributed by atoms with Crippen molar-refractivity contribution in [1.82, 2.24) is 0 Å². The highest BCUT2D eigenvalue weighted by Crippen LogP contribution is 2.44. The number of esters is 3. The first-order chi connectivity index (χ1) is 48.3. The van der Waals surface area contributed by atoms with Crippen LogP contribution in [0.15, 0.2) is 36.5 Å². The van der Waals surface area contributed by atoms with Crippen LogP contribution in [0.2, 0.25) is 0 Å². The van der Waals surface area contributed by atoms with E-state index in [0.717, 1.165) is 96.3 Å². The fourth-order valence-corrected chi connectivity index (χ4v) is 14.2. The van der Waals surface area contributed by atoms with Crippen molar-refractivity contribution in [1.29, 1.82) is 0 Å². The number of rotatable bonds is 80. The second-order valence-corrected chi connectivity index (χ2v) is 30.5. The van der Waals surface area contributed by atoms with E-state index >= 15 is 0 Å². The molecule has 98 heavy (non-hydrogen) atoms. The monoisotopic (exact) mass is 1380 g/mol. The van der Waals surface area contributed by atoms with Crippen molar-refractivity contribution >= 4 is 17.9 Å². The third-order valence-electron chi connectivity index (χ3n) is 21.1. The average Bonchev–Trinajstić information content (AvgIpc) is 0.826. The molecule has 2 unspecified atom stereocenters. The van der Waals surface area contributed by atoms with E-state index in [2.05, 4.69) is 84.9 Å². The SMILES string of the molecule is CCCCCCCC/C=C\CCCCCCCCOC(=O)CCCCCC(C/C=C\CCCCCCCC)C(CC)(CCCCCC/C=C\CCCCCCCC)C(=O)OCCCCCC.CCCCCCCCCCCCCCCCCCOC(=O)CCCCCCCCCCC. The Morgan fingerprint density at radius 3 is 0.796 bits per heavy atom. The van der Waals surface area contributed by atoms with Crippen molar-refractivity contribution in [2.45, 2.75) is 504 Å². The van der Waals surface area contributed by atoms with Gasteiger partial charge in [-0.05, 0) is 128 Å². The van der Waals surface area contributed by atoms with Crippen molar-refractivity contribution in [2.75, 3.05) is 19.8 Å². The summed E-state index contributed by atoms with van der Waals surface area (Å²) in [5, 5.41) is 0. The average molecular weight is 1380 g/mol. The van der Waals surface area contributed by atoms with Crippen molar-refractivity contribution in [2.24, 2.45) is 11.3 Å². The molecule has 6 nitrogen and oxygen atoms in total. The number of carbonyl (C=O) groups is 3. The zero-order valence-corrected chi connectivity index (χ0v) is 67.8. The normalized spacial score (nSPS) is 12.6. The summed E-state index contributed by atoms with van der Waals surface area (Å²) in [6.07, 6.45) is 103. The van der Waals surface area contributed by atoms with Crippen LogP contribution < -0.4 is 0 Å². The molecule has 0 aromatic heterocycles. The summed E-state index contributed by atoms with van der Waals surface area (Å²) >= 11 is 0. The first kappa shape index (κ1) is 97.7. The Balaban J connectivity index is 0. The quantitative estimate of drug-likeness (QED) is 0.0261. The Morgan fingerprint density at radius 1 is 0.255 bits per heavy atom. The molecule has 0 spiro atoms. The molecule has 2 atom stereocenters. The molecule has 580 valence electrons. The summed E-state index contributed by atoms with van der Waals surface area (Å²) in [5.74, 6) is 0.298. The maximum atomic E-state index is 14.3. The van der Waals surface area contributed by atoms with Gasteiger partial charge >= 0.3 is 17.9 Å². The molecule has 0 radical (unpaired) electrons. The van der Waals surface area contributed by atoms with E-state index in [1.165, 1.54) is 347 Å². The molecule has 0 N–H and O–H groups in total. The number of allylic oxidation sites excluding steroid dienone is 6. The van der Waals surface area contributed by atoms with Crippen molar-refractivity contribution in [3.8, 4) is 0 Å². The summed E-state index contributed by atoms with van der Waals surface area (Å²) in [6, 6.07) is 0. The number of ether oxygens (including phenoxy) is 3. The number of unbranched alkanes of at least 4 members (excludes halogenated alkanes) is 56. The summed E-state index contributed by atoms with van der Waals surface area (Å²) < 4.78 is 17.3. The van der Waals surface area contributed by atoms with Crippen molar-refractivity contribution < 1.29 is 28.6 Å². The summed E-state index contributed by atoms with van der Waals surface area (Å²) in [6.45, 7) is 17.6. The van der Waals surface area contributed by atoms with Crippen LogP contribution in [-0.2, 0) is 28.6 Å². The molecule has 6 heteroatoms. The van der Waals surface area contributed by atoms with E-state index in [0.29, 0.717) is 32.7 Å². The van der Waals surface area contributed by atoms with Gasteiger partial charge in [-0.15, -0.1) is 0 Å². The van der Waals surface area contributed by atoms with E-state index in [9.17, 15) is 14.4 Å². The number of hydrogen-bond acceptors (Lipinski definition) is 6. The van der Waals surface area contributed by atoms with Crippen molar-refractivity contribution in [3.05, 3.63) is 36.5 Å². The second-order valence-electron chi connectivity index (χ2n) is 30.5. The number of carbonyl (C=O) groups excluding carboxylic acids is 3. The van der Waals surface area contributed by atoms with Crippen LogP contribution >= 0.6 is 0 Å². The predicted molar refractivity (Wildman–Crippen MR) is 434 cm³/mol. The van der Waals surface area contributed by atoms with Crippen LogP contribution in [0.25, 0.3) is 0 Å². The highest BCUT2D eigenvalue weighted by Gasteiger charge is 2.44. The minimum absolute atomic E-state index is 0.0221. The van der Waals surface area contributed by atoms with Gasteiger partial charge in [0.25, 0.3) is 0 Å². The van der Waals surface area contributed by atoms with Gasteiger partial charge < -0.3 is 14.2 Å². The first-order valence-corrected chi connectivity index (χ1v) is 44.8. The summed E-state index contributed by atoms with van der Waals surface area (Å²) in [5.41, 5.74) is -0.449. The van der Waals surface area contributed by atoms with Gasteiger partial charge in [0, 0.05) is 12.8 Å². The van der Waals surface area contributed by atoms with E-state index in [-0.39, 0.29) is 23.8 Å². The topological polar surface area (TPSA) is 78.9 Å². The van der Waals surface area contributed by atoms with Gasteiger partial charge in [0.1, 0.15) is 0 Å². The third-order valence-corrected chi connectivity index (χ3v) is 21.1. The lowest BCUT2D eigenvalue weighted by molar-refractivity contribution is -0.161. The Hall–Kier alpha value is -2.37. The molecular weight excluding hydrogens is 1200 g/mol. The molecule has 0 aromatic rings. The molecule has 0 amide bonds. The fourth-order valence-electron chi connectivity index (χ4n) is 14.2. The molecule has 0 heterocycles. The van der Waals surface area contributed by atoms with Crippen LogP contribution in [0.5, 0.6) is 0 Å². The smallest absolute Gasteiger partial charge is 0.312 e. The Morgan fingerprint density at radius 2 is 0.490 bits per heavy atom. The molecule has 0 fully saturated rings. The largest absolute Gasteiger partial charge is 0.466 e. The minimum atomic E-state index is -0.449. The van der Waals surface area contributed by atoms with E-state index in [1.54, 1.807) is 0 Å². The van der Waals surface area contributed by atoms with Gasteiger partial charge in [0.2, 0.25) is 0 Å². The summed E-state index contributed by atoms with van der Waals surface area (Å²) in [7, 11) is 0. The molecular formula is C92H176O6. The van der Waals surface area contributed by atoms with Crippen LogP contribution in [0.4, 0.5) is 0 Å². The Bertz CT molecular complexity index is 1650. The highest BCUT2D eigenvalue weighted by molar-refractivity contribution is 5.77. The predicted octanol–water partition coefficient (Wildman–Crippen LogP) is 31.7. The van der Waals surface area contributed by atoms with E-state index in [1.807, 2.05) is 0 Å². The van der Waals surface area contributed by atoms with Crippen molar-refractivity contribution in [3.63, 3.8) is 0 Å². The Kier molecular flexibility index (Phi) is 85.0. The van der Waals surface area contributed by atoms with E-state index in [4.69, 9.17) is 14.2 Å². The molecule has 0 aliphatic carbocycles. The fraction of sp³-hybridized carbons (Fsp3) is 0.902. The molecule has 0 aliphatic rings. The lowest BCUT2D eigenvalue weighted by atomic mass is 9.66. The van der Waals surface area contributed by atoms with Gasteiger partial charge in [-0.1, -0.05) is 406 Å². The highest BCUT2D eigenvalue weighted by atomic mass is 16.5. The van der Waals surface area contributed by atoms with Crippen LogP contribution in [0.1, 0.15) is 504 Å². The van der Waals surface area contributed by atoms with E-state index < -0.39 is 5.41 Å². The molecule has 0 aliphatic heterocycles. The maximum Gasteiger partial charge on any atom is 0.312 e. The van der Waals surface area contributed by atoms with Gasteiger partial charge in [-0.2, -0.15) is 0 Å². The zero-order valence-electron chi connectivity index (χ0n) is 67.8. The lowest BCUT2D eigenvalue weighted by Crippen LogP contribution is -2.40. The van der Waals surface area contributed by atoms with Gasteiger partial charge in [-0.25, -0.2) is 0 Å². The van der Waals surface area contributed by atoms with Crippen LogP contribution in [0.3, 0.4) is 0 Å². The second kappa shape index (κ2) is 85.3. The zero-order chi connectivity index (χ0) is 71.5. The van der Waals surface area contributed by atoms with Gasteiger partial charge in [-0.3, -0.25) is 14.4 Å². The standard InChI is InChI=1S/C62H116O4.C30H60O2/c1-6-11-15-19-22-25-27-29-31-32-34-36-39-42-45-52-57-65-60(63)55-49-46-48-54-59(53-47-43-40-37-24-21-17-13-8-3)62(10-5,61(64)66-58-51-18-14-9-4)56-50-44-41-38-35-33-30-28-26-23-20-16-12-7-2;1-3-5-7-9-11-13-14-15-16-17-18-19-21-23-25-27-29-32-30(31)28-26-24-22-20-12-10-8-6-4-2/h29-31,33,43,47,59H,6-28,32,34-42,44-46,48-58H2,1-5H3;3-29H2,1-2H3/b31-29-,33-30-,47-43-;. The third kappa shape index (κ3) is 73.4. The molecule has 0 aromatic carbocycles. The molecule has 0 saturated carbocycles. The van der Waals surface area contributed by atoms with Gasteiger partial charge in [0.15, 0.2) is 0 Å². The molecule has 0 rings (SSSR count). The first-order valence-electron chi connectivity index (χ1n) is 44.8.